The summed E-state index contributed by atoms with van der Waals surface area (Å²) >= 11 is 0. The summed E-state index contributed by atoms with van der Waals surface area (Å²) in [6.45, 7) is 5.87. The zero-order valence-corrected chi connectivity index (χ0v) is 17.1. The molecule has 1 aromatic carbocycles. The maximum atomic E-state index is 12.7. The minimum absolute atomic E-state index is 0.0317. The quantitative estimate of drug-likeness (QED) is 0.749. The Morgan fingerprint density at radius 1 is 1.19 bits per heavy atom. The molecule has 0 saturated heterocycles. The molecule has 2 N–H and O–H groups in total. The summed E-state index contributed by atoms with van der Waals surface area (Å²) in [6.07, 6.45) is 3.53. The molecule has 148 valence electrons. The van der Waals surface area contributed by atoms with Gasteiger partial charge in [-0.25, -0.2) is 8.42 Å². The van der Waals surface area contributed by atoms with Crippen molar-refractivity contribution < 1.29 is 17.9 Å². The molecule has 1 aromatic heterocycles. The van der Waals surface area contributed by atoms with Gasteiger partial charge >= 0.3 is 0 Å². The van der Waals surface area contributed by atoms with E-state index in [-0.39, 0.29) is 11.3 Å². The molecule has 0 spiro atoms. The third kappa shape index (κ3) is 4.45. The Hall–Kier alpha value is -1.63. The minimum atomic E-state index is -3.22. The number of aryl methyl sites for hydroxylation is 1. The van der Waals surface area contributed by atoms with Crippen molar-refractivity contribution >= 4 is 9.84 Å². The second-order valence-electron chi connectivity index (χ2n) is 7.81. The van der Waals surface area contributed by atoms with Crippen molar-refractivity contribution in [3.63, 3.8) is 0 Å². The first-order valence-corrected chi connectivity index (χ1v) is 11.1. The van der Waals surface area contributed by atoms with Crippen LogP contribution in [0.4, 0.5) is 0 Å². The van der Waals surface area contributed by atoms with Gasteiger partial charge in [-0.05, 0) is 63.4 Å². The molecule has 1 heterocycles. The lowest BCUT2D eigenvalue weighted by Gasteiger charge is -2.24. The van der Waals surface area contributed by atoms with Crippen molar-refractivity contribution in [2.24, 2.45) is 0 Å². The number of hydrogen-bond acceptors (Lipinski definition) is 5. The van der Waals surface area contributed by atoms with Gasteiger partial charge in [-0.3, -0.25) is 0 Å². The third-order valence-corrected chi connectivity index (χ3v) is 7.75. The van der Waals surface area contributed by atoms with Gasteiger partial charge in [-0.2, -0.15) is 0 Å². The predicted molar refractivity (Wildman–Crippen MR) is 105 cm³/mol. The van der Waals surface area contributed by atoms with Gasteiger partial charge in [0, 0.05) is 12.6 Å². The smallest absolute Gasteiger partial charge is 0.181 e. The lowest BCUT2D eigenvalue weighted by molar-refractivity contribution is 0.0313. The first kappa shape index (κ1) is 20.1. The summed E-state index contributed by atoms with van der Waals surface area (Å²) in [4.78, 5) is 0.406. The van der Waals surface area contributed by atoms with Crippen LogP contribution >= 0.6 is 0 Å². The van der Waals surface area contributed by atoms with E-state index in [0.717, 1.165) is 37.0 Å². The SMILES string of the molecule is Cc1ccc([C@](C)(O)CN[C@H](C)c2ccc(S(=O)(=O)C3CCCC3)cc2)o1. The van der Waals surface area contributed by atoms with Crippen LogP contribution < -0.4 is 5.32 Å². The van der Waals surface area contributed by atoms with Crippen LogP contribution in [0.2, 0.25) is 0 Å². The molecule has 0 bridgehead atoms. The van der Waals surface area contributed by atoms with Crippen molar-refractivity contribution in [3.05, 3.63) is 53.5 Å². The van der Waals surface area contributed by atoms with Crippen molar-refractivity contribution in [3.8, 4) is 0 Å². The maximum Gasteiger partial charge on any atom is 0.181 e. The molecule has 5 nitrogen and oxygen atoms in total. The first-order chi connectivity index (χ1) is 12.7. The second-order valence-corrected chi connectivity index (χ2v) is 10.0. The van der Waals surface area contributed by atoms with E-state index in [2.05, 4.69) is 5.32 Å². The van der Waals surface area contributed by atoms with Crippen molar-refractivity contribution in [1.82, 2.24) is 5.32 Å². The monoisotopic (exact) mass is 391 g/mol. The van der Waals surface area contributed by atoms with E-state index in [1.165, 1.54) is 0 Å². The van der Waals surface area contributed by atoms with Gasteiger partial charge in [-0.15, -0.1) is 0 Å². The zero-order chi connectivity index (χ0) is 19.7. The van der Waals surface area contributed by atoms with Crippen LogP contribution in [-0.4, -0.2) is 25.3 Å². The van der Waals surface area contributed by atoms with Crippen LogP contribution in [-0.2, 0) is 15.4 Å². The Morgan fingerprint density at radius 2 is 1.81 bits per heavy atom. The average molecular weight is 392 g/mol. The molecular weight excluding hydrogens is 362 g/mol. The Balaban J connectivity index is 1.64. The fourth-order valence-electron chi connectivity index (χ4n) is 3.62. The fourth-order valence-corrected chi connectivity index (χ4v) is 5.47. The van der Waals surface area contributed by atoms with Gasteiger partial charge in [0.2, 0.25) is 0 Å². The van der Waals surface area contributed by atoms with Crippen LogP contribution in [0.1, 0.15) is 62.7 Å². The molecule has 0 amide bonds. The predicted octanol–water partition coefficient (Wildman–Crippen LogP) is 3.86. The Morgan fingerprint density at radius 3 is 2.37 bits per heavy atom. The van der Waals surface area contributed by atoms with Gasteiger partial charge in [0.25, 0.3) is 0 Å². The molecule has 1 aliphatic carbocycles. The van der Waals surface area contributed by atoms with Gasteiger partial charge in [0.05, 0.1) is 10.1 Å². The Bertz CT molecular complexity index is 862. The van der Waals surface area contributed by atoms with Crippen LogP contribution in [0.3, 0.4) is 0 Å². The van der Waals surface area contributed by atoms with Crippen molar-refractivity contribution in [2.75, 3.05) is 6.54 Å². The highest BCUT2D eigenvalue weighted by Crippen LogP contribution is 2.30. The van der Waals surface area contributed by atoms with Gasteiger partial charge in [-0.1, -0.05) is 25.0 Å². The summed E-state index contributed by atoms with van der Waals surface area (Å²) in [5, 5.41) is 13.7. The fraction of sp³-hybridized carbons (Fsp3) is 0.524. The first-order valence-electron chi connectivity index (χ1n) is 9.57. The average Bonchev–Trinajstić information content (AvgIpc) is 3.32. The molecule has 0 radical (unpaired) electrons. The van der Waals surface area contributed by atoms with Crippen molar-refractivity contribution in [2.45, 2.75) is 68.2 Å². The van der Waals surface area contributed by atoms with E-state index in [1.807, 2.05) is 32.0 Å². The second kappa shape index (κ2) is 7.78. The normalized spacial score (nSPS) is 19.1. The summed E-state index contributed by atoms with van der Waals surface area (Å²) in [5.41, 5.74) is -0.138. The third-order valence-electron chi connectivity index (χ3n) is 5.47. The Kier molecular flexibility index (Phi) is 5.79. The molecule has 1 saturated carbocycles. The highest BCUT2D eigenvalue weighted by molar-refractivity contribution is 7.92. The van der Waals surface area contributed by atoms with E-state index >= 15 is 0 Å². The van der Waals surface area contributed by atoms with E-state index < -0.39 is 15.4 Å². The Labute approximate surface area is 161 Å². The highest BCUT2D eigenvalue weighted by atomic mass is 32.2. The molecule has 27 heavy (non-hydrogen) atoms. The summed E-state index contributed by atoms with van der Waals surface area (Å²) in [7, 11) is -3.22. The number of benzene rings is 1. The summed E-state index contributed by atoms with van der Waals surface area (Å²) < 4.78 is 30.9. The highest BCUT2D eigenvalue weighted by Gasteiger charge is 2.30. The summed E-state index contributed by atoms with van der Waals surface area (Å²) in [5.74, 6) is 1.29. The molecular formula is C21H29NO4S. The molecule has 1 fully saturated rings. The molecule has 6 heteroatoms. The van der Waals surface area contributed by atoms with Crippen molar-refractivity contribution in [1.29, 1.82) is 0 Å². The number of nitrogens with one attached hydrogen (secondary N) is 1. The standard InChI is InChI=1S/C21H29NO4S/c1-15-8-13-20(26-15)21(3,23)14-22-16(2)17-9-11-19(12-10-17)27(24,25)18-6-4-5-7-18/h8-13,16,18,22-23H,4-7,14H2,1-3H3/t16-,21-/m1/s1. The number of hydrogen-bond donors (Lipinski definition) is 2. The van der Waals surface area contributed by atoms with Gasteiger partial charge in [0.15, 0.2) is 9.84 Å². The number of rotatable bonds is 7. The van der Waals surface area contributed by atoms with Crippen LogP contribution in [0.15, 0.2) is 45.7 Å². The van der Waals surface area contributed by atoms with Crippen LogP contribution in [0, 0.1) is 6.92 Å². The number of sulfone groups is 1. The zero-order valence-electron chi connectivity index (χ0n) is 16.2. The molecule has 3 rings (SSSR count). The van der Waals surface area contributed by atoms with E-state index in [1.54, 1.807) is 25.1 Å². The lowest BCUT2D eigenvalue weighted by atomic mass is 10.0. The van der Waals surface area contributed by atoms with Crippen LogP contribution in [0.25, 0.3) is 0 Å². The van der Waals surface area contributed by atoms with E-state index in [0.29, 0.717) is 17.2 Å². The molecule has 0 unspecified atom stereocenters. The molecule has 2 atom stereocenters. The van der Waals surface area contributed by atoms with E-state index in [9.17, 15) is 13.5 Å². The van der Waals surface area contributed by atoms with E-state index in [4.69, 9.17) is 4.42 Å². The topological polar surface area (TPSA) is 79.5 Å². The molecule has 1 aliphatic rings. The number of furan rings is 1. The molecule has 2 aromatic rings. The largest absolute Gasteiger partial charge is 0.463 e. The number of aliphatic hydroxyl groups is 1. The minimum Gasteiger partial charge on any atom is -0.463 e. The van der Waals surface area contributed by atoms with Gasteiger partial charge in [0.1, 0.15) is 17.1 Å². The maximum absolute atomic E-state index is 12.7. The van der Waals surface area contributed by atoms with Crippen LogP contribution in [0.5, 0.6) is 0 Å². The summed E-state index contributed by atoms with van der Waals surface area (Å²) in [6, 6.07) is 10.7. The molecule has 0 aliphatic heterocycles. The van der Waals surface area contributed by atoms with Gasteiger partial charge < -0.3 is 14.8 Å². The lowest BCUT2D eigenvalue weighted by Crippen LogP contribution is -2.36.